The molecular weight excluding hydrogens is 242 g/mol. The van der Waals surface area contributed by atoms with Crippen molar-refractivity contribution in [3.8, 4) is 0 Å². The molecule has 0 aromatic rings. The van der Waals surface area contributed by atoms with E-state index in [1.165, 1.54) is 32.4 Å². The Kier molecular flexibility index (Phi) is 4.23. The van der Waals surface area contributed by atoms with Crippen molar-refractivity contribution in [1.29, 1.82) is 0 Å². The van der Waals surface area contributed by atoms with Gasteiger partial charge in [-0.15, -0.1) is 0 Å². The van der Waals surface area contributed by atoms with E-state index < -0.39 is 0 Å². The van der Waals surface area contributed by atoms with E-state index in [2.05, 4.69) is 22.3 Å². The van der Waals surface area contributed by atoms with Gasteiger partial charge in [-0.05, 0) is 38.4 Å². The SMILES string of the molecule is C[C@@H]1CNC[C@H]1C1=NOCC(CN2CCCCC2)O1. The molecule has 5 nitrogen and oxygen atoms in total. The third kappa shape index (κ3) is 3.20. The number of hydrogen-bond donors (Lipinski definition) is 1. The third-order valence-corrected chi connectivity index (χ3v) is 4.45. The van der Waals surface area contributed by atoms with E-state index in [9.17, 15) is 0 Å². The third-order valence-electron chi connectivity index (χ3n) is 4.45. The fourth-order valence-corrected chi connectivity index (χ4v) is 3.23. The molecular formula is C14H25N3O2. The highest BCUT2D eigenvalue weighted by atomic mass is 16.7. The summed E-state index contributed by atoms with van der Waals surface area (Å²) in [4.78, 5) is 7.90. The summed E-state index contributed by atoms with van der Waals surface area (Å²) in [6, 6.07) is 0. The minimum Gasteiger partial charge on any atom is -0.470 e. The summed E-state index contributed by atoms with van der Waals surface area (Å²) in [5.74, 6) is 1.77. The van der Waals surface area contributed by atoms with Crippen molar-refractivity contribution in [3.63, 3.8) is 0 Å². The molecule has 5 heteroatoms. The van der Waals surface area contributed by atoms with Gasteiger partial charge < -0.3 is 14.9 Å². The number of rotatable bonds is 3. The molecule has 0 radical (unpaired) electrons. The zero-order valence-corrected chi connectivity index (χ0v) is 11.8. The molecule has 1 N–H and O–H groups in total. The van der Waals surface area contributed by atoms with Crippen LogP contribution in [0.25, 0.3) is 0 Å². The average molecular weight is 267 g/mol. The van der Waals surface area contributed by atoms with E-state index in [0.29, 0.717) is 18.4 Å². The van der Waals surface area contributed by atoms with Crippen LogP contribution in [0.5, 0.6) is 0 Å². The topological polar surface area (TPSA) is 46.1 Å². The van der Waals surface area contributed by atoms with Gasteiger partial charge in [0.05, 0.1) is 5.92 Å². The maximum Gasteiger partial charge on any atom is 0.230 e. The van der Waals surface area contributed by atoms with E-state index >= 15 is 0 Å². The van der Waals surface area contributed by atoms with Crippen molar-refractivity contribution in [1.82, 2.24) is 10.2 Å². The number of nitrogens with one attached hydrogen (secondary N) is 1. The smallest absolute Gasteiger partial charge is 0.230 e. The van der Waals surface area contributed by atoms with Crippen LogP contribution in [-0.2, 0) is 9.57 Å². The molecule has 2 fully saturated rings. The Morgan fingerprint density at radius 1 is 1.26 bits per heavy atom. The number of likely N-dealkylation sites (tertiary alicyclic amines) is 1. The van der Waals surface area contributed by atoms with Crippen LogP contribution in [0, 0.1) is 11.8 Å². The van der Waals surface area contributed by atoms with Crippen molar-refractivity contribution in [2.75, 3.05) is 39.3 Å². The molecule has 3 aliphatic heterocycles. The van der Waals surface area contributed by atoms with Gasteiger partial charge in [0, 0.05) is 13.1 Å². The maximum atomic E-state index is 6.09. The monoisotopic (exact) mass is 267 g/mol. The largest absolute Gasteiger partial charge is 0.470 e. The highest BCUT2D eigenvalue weighted by Gasteiger charge is 2.33. The summed E-state index contributed by atoms with van der Waals surface area (Å²) in [5, 5.41) is 7.53. The lowest BCUT2D eigenvalue weighted by atomic mass is 9.98. The lowest BCUT2D eigenvalue weighted by molar-refractivity contribution is -0.0158. The van der Waals surface area contributed by atoms with Gasteiger partial charge >= 0.3 is 0 Å². The molecule has 0 bridgehead atoms. The van der Waals surface area contributed by atoms with Gasteiger partial charge in [-0.3, -0.25) is 4.90 Å². The quantitative estimate of drug-likeness (QED) is 0.830. The molecule has 0 saturated carbocycles. The number of nitrogens with zero attached hydrogens (tertiary/aromatic N) is 2. The van der Waals surface area contributed by atoms with E-state index in [1.807, 2.05) is 0 Å². The first-order chi connectivity index (χ1) is 9.33. The van der Waals surface area contributed by atoms with E-state index in [0.717, 1.165) is 25.5 Å². The lowest BCUT2D eigenvalue weighted by Gasteiger charge is -2.32. The van der Waals surface area contributed by atoms with Gasteiger partial charge in [-0.1, -0.05) is 18.5 Å². The van der Waals surface area contributed by atoms with Crippen LogP contribution >= 0.6 is 0 Å². The van der Waals surface area contributed by atoms with Crippen LogP contribution in [0.15, 0.2) is 5.16 Å². The zero-order valence-electron chi connectivity index (χ0n) is 11.8. The Balaban J connectivity index is 1.53. The van der Waals surface area contributed by atoms with Crippen LogP contribution < -0.4 is 5.32 Å². The summed E-state index contributed by atoms with van der Waals surface area (Å²) in [7, 11) is 0. The molecule has 2 saturated heterocycles. The van der Waals surface area contributed by atoms with Gasteiger partial charge in [0.1, 0.15) is 6.10 Å². The molecule has 3 rings (SSSR count). The average Bonchev–Trinajstić information content (AvgIpc) is 2.86. The van der Waals surface area contributed by atoms with Gasteiger partial charge in [0.15, 0.2) is 6.61 Å². The van der Waals surface area contributed by atoms with E-state index in [1.54, 1.807) is 0 Å². The number of oxime groups is 1. The van der Waals surface area contributed by atoms with Crippen LogP contribution in [-0.4, -0.2) is 56.2 Å². The molecule has 3 heterocycles. The Labute approximate surface area is 115 Å². The van der Waals surface area contributed by atoms with E-state index in [-0.39, 0.29) is 6.10 Å². The predicted octanol–water partition coefficient (Wildman–Crippen LogP) is 1.06. The standard InChI is InChI=1S/C14H25N3O2/c1-11-7-15-8-13(11)14-16-18-10-12(19-14)9-17-5-3-2-4-6-17/h11-13,15H,2-10H2,1H3/t11-,12?,13-/m1/s1. The summed E-state index contributed by atoms with van der Waals surface area (Å²) in [5.41, 5.74) is 0. The second-order valence-electron chi connectivity index (χ2n) is 6.07. The predicted molar refractivity (Wildman–Crippen MR) is 74.1 cm³/mol. The van der Waals surface area contributed by atoms with Crippen molar-refractivity contribution in [2.45, 2.75) is 32.3 Å². The Morgan fingerprint density at radius 3 is 2.84 bits per heavy atom. The molecule has 1 unspecified atom stereocenters. The van der Waals surface area contributed by atoms with Crippen molar-refractivity contribution >= 4 is 5.90 Å². The summed E-state index contributed by atoms with van der Waals surface area (Å²) < 4.78 is 6.09. The number of hydrogen-bond acceptors (Lipinski definition) is 5. The highest BCUT2D eigenvalue weighted by Crippen LogP contribution is 2.22. The van der Waals surface area contributed by atoms with Crippen LogP contribution in [0.2, 0.25) is 0 Å². The lowest BCUT2D eigenvalue weighted by Crippen LogP contribution is -2.43. The van der Waals surface area contributed by atoms with Gasteiger partial charge in [-0.2, -0.15) is 0 Å². The highest BCUT2D eigenvalue weighted by molar-refractivity contribution is 5.79. The summed E-state index contributed by atoms with van der Waals surface area (Å²) in [6.45, 7) is 8.22. The molecule has 0 aromatic carbocycles. The fourth-order valence-electron chi connectivity index (χ4n) is 3.23. The minimum atomic E-state index is 0.151. The van der Waals surface area contributed by atoms with Crippen LogP contribution in [0.1, 0.15) is 26.2 Å². The summed E-state index contributed by atoms with van der Waals surface area (Å²) in [6.07, 6.45) is 4.16. The Bertz CT molecular complexity index is 329. The Morgan fingerprint density at radius 2 is 2.11 bits per heavy atom. The first-order valence-electron chi connectivity index (χ1n) is 7.62. The molecule has 0 amide bonds. The first-order valence-corrected chi connectivity index (χ1v) is 7.62. The number of ether oxygens (including phenoxy) is 1. The van der Waals surface area contributed by atoms with Crippen molar-refractivity contribution < 1.29 is 9.57 Å². The molecule has 0 aromatic heterocycles. The molecule has 0 aliphatic carbocycles. The van der Waals surface area contributed by atoms with Gasteiger partial charge in [-0.25, -0.2) is 0 Å². The van der Waals surface area contributed by atoms with Crippen LogP contribution in [0.3, 0.4) is 0 Å². The van der Waals surface area contributed by atoms with Crippen molar-refractivity contribution in [2.24, 2.45) is 17.0 Å². The molecule has 3 aliphatic rings. The maximum absolute atomic E-state index is 6.09. The molecule has 108 valence electrons. The Hall–Kier alpha value is -0.810. The van der Waals surface area contributed by atoms with Gasteiger partial charge in [0.25, 0.3) is 0 Å². The van der Waals surface area contributed by atoms with Crippen molar-refractivity contribution in [3.05, 3.63) is 0 Å². The zero-order chi connectivity index (χ0) is 13.1. The van der Waals surface area contributed by atoms with Gasteiger partial charge in [0.2, 0.25) is 5.90 Å². The molecule has 3 atom stereocenters. The minimum absolute atomic E-state index is 0.151. The fraction of sp³-hybridized carbons (Fsp3) is 0.929. The molecule has 19 heavy (non-hydrogen) atoms. The first kappa shape index (κ1) is 13.2. The summed E-state index contributed by atoms with van der Waals surface area (Å²) >= 11 is 0. The van der Waals surface area contributed by atoms with Crippen LogP contribution in [0.4, 0.5) is 0 Å². The van der Waals surface area contributed by atoms with E-state index in [4.69, 9.17) is 9.57 Å². The number of piperidine rings is 1. The second-order valence-corrected chi connectivity index (χ2v) is 6.07. The molecule has 0 spiro atoms. The normalized spacial score (nSPS) is 36.5. The second kappa shape index (κ2) is 6.09.